The third-order valence-corrected chi connectivity index (χ3v) is 1.48. The fraction of sp³-hybridized carbons (Fsp3) is 0. The Labute approximate surface area is 41.1 Å². The zero-order valence-corrected chi connectivity index (χ0v) is 4.42. The maximum absolute atomic E-state index is 8.27. The van der Waals surface area contributed by atoms with Gasteiger partial charge in [-0.2, -0.15) is 0 Å². The minimum atomic E-state index is -3.61. The van der Waals surface area contributed by atoms with Crippen LogP contribution >= 0.6 is 0 Å². The summed E-state index contributed by atoms with van der Waals surface area (Å²) in [6.07, 6.45) is 0. The highest BCUT2D eigenvalue weighted by molar-refractivity contribution is 6.53. The summed E-state index contributed by atoms with van der Waals surface area (Å²) in [5.41, 5.74) is 0. The predicted octanol–water partition coefficient (Wildman–Crippen LogP) is -1.08. The van der Waals surface area contributed by atoms with Crippen molar-refractivity contribution in [1.29, 1.82) is 0 Å². The molecule has 0 spiro atoms. The number of hydrogen-bond donors (Lipinski definition) is 2. The molecule has 40 valence electrons. The molecule has 4 nitrogen and oxygen atoms in total. The Hall–Kier alpha value is -0.523. The summed E-state index contributed by atoms with van der Waals surface area (Å²) in [5, 5.41) is 0. The Morgan fingerprint density at radius 3 is 1.86 bits per heavy atom. The summed E-state index contributed by atoms with van der Waals surface area (Å²) < 4.78 is 8.32. The Morgan fingerprint density at radius 2 is 1.86 bits per heavy atom. The molecule has 0 amide bonds. The van der Waals surface area contributed by atoms with Crippen LogP contribution in [0.3, 0.4) is 0 Å². The lowest BCUT2D eigenvalue weighted by Crippen LogP contribution is -2.51. The smallest absolute Gasteiger partial charge is 0.443 e. The van der Waals surface area contributed by atoms with Gasteiger partial charge in [-0.15, -0.1) is 0 Å². The fourth-order valence-corrected chi connectivity index (χ4v) is 0.913. The van der Waals surface area contributed by atoms with Gasteiger partial charge in [0.05, 0.1) is 0 Å². The number of hydrogen-bond acceptors (Lipinski definition) is 4. The Bertz CT molecular complexity index is 98.3. The highest BCUT2D eigenvalue weighted by Crippen LogP contribution is 2.19. The van der Waals surface area contributed by atoms with Crippen LogP contribution < -0.4 is 0 Å². The van der Waals surface area contributed by atoms with Gasteiger partial charge in [-0.05, 0) is 6.58 Å². The van der Waals surface area contributed by atoms with E-state index in [1.54, 1.807) is 0 Å². The Morgan fingerprint density at radius 1 is 1.43 bits per heavy atom. The van der Waals surface area contributed by atoms with Gasteiger partial charge in [-0.25, -0.2) is 0 Å². The average Bonchev–Trinajstić information content (AvgIpc) is 1.27. The van der Waals surface area contributed by atoms with Crippen LogP contribution in [0, 0.1) is 0 Å². The standard InChI is InChI=1S/C2H4O4Si/c1-2-5-7(3,4)6-2/h3-4H,1H2. The highest BCUT2D eigenvalue weighted by Gasteiger charge is 2.52. The zero-order chi connectivity index (χ0) is 5.49. The minimum absolute atomic E-state index is 0.0170. The summed E-state index contributed by atoms with van der Waals surface area (Å²) in [7, 11) is -3.61. The molecule has 7 heavy (non-hydrogen) atoms. The molecule has 1 aliphatic heterocycles. The lowest BCUT2D eigenvalue weighted by molar-refractivity contribution is -0.0582. The lowest BCUT2D eigenvalue weighted by atomic mass is 11.1. The van der Waals surface area contributed by atoms with Crippen LogP contribution in [0.2, 0.25) is 0 Å². The second kappa shape index (κ2) is 1.00. The van der Waals surface area contributed by atoms with E-state index in [4.69, 9.17) is 9.59 Å². The predicted molar refractivity (Wildman–Crippen MR) is 21.5 cm³/mol. The first kappa shape index (κ1) is 4.63. The van der Waals surface area contributed by atoms with E-state index >= 15 is 0 Å². The maximum Gasteiger partial charge on any atom is 0.819 e. The largest absolute Gasteiger partial charge is 0.819 e. The quantitative estimate of drug-likeness (QED) is 0.399. The van der Waals surface area contributed by atoms with E-state index < -0.39 is 9.05 Å². The molecule has 1 heterocycles. The van der Waals surface area contributed by atoms with E-state index in [0.717, 1.165) is 0 Å². The molecule has 0 aliphatic carbocycles. The van der Waals surface area contributed by atoms with Gasteiger partial charge in [0.2, 0.25) is 0 Å². The molecule has 5 heteroatoms. The summed E-state index contributed by atoms with van der Waals surface area (Å²) in [5.74, 6) is -0.0170. The van der Waals surface area contributed by atoms with E-state index in [9.17, 15) is 0 Å². The normalized spacial score (nSPS) is 24.6. The zero-order valence-electron chi connectivity index (χ0n) is 3.42. The molecule has 1 rings (SSSR count). The van der Waals surface area contributed by atoms with Crippen LogP contribution in [0.25, 0.3) is 0 Å². The third-order valence-electron chi connectivity index (χ3n) is 0.494. The second-order valence-electron chi connectivity index (χ2n) is 1.12. The van der Waals surface area contributed by atoms with Crippen molar-refractivity contribution in [2.24, 2.45) is 0 Å². The van der Waals surface area contributed by atoms with E-state index in [0.29, 0.717) is 0 Å². The van der Waals surface area contributed by atoms with E-state index in [-0.39, 0.29) is 5.95 Å². The molecular weight excluding hydrogens is 116 g/mol. The van der Waals surface area contributed by atoms with Crippen LogP contribution in [-0.4, -0.2) is 18.6 Å². The first-order valence-electron chi connectivity index (χ1n) is 1.62. The molecule has 1 fully saturated rings. The van der Waals surface area contributed by atoms with Gasteiger partial charge in [0.15, 0.2) is 0 Å². The average molecular weight is 120 g/mol. The van der Waals surface area contributed by atoms with Crippen molar-refractivity contribution >= 4 is 9.05 Å². The molecule has 0 radical (unpaired) electrons. The van der Waals surface area contributed by atoms with Gasteiger partial charge in [0.1, 0.15) is 0 Å². The molecule has 0 aromatic heterocycles. The summed E-state index contributed by atoms with van der Waals surface area (Å²) in [6, 6.07) is 0. The van der Waals surface area contributed by atoms with Crippen molar-refractivity contribution in [2.75, 3.05) is 0 Å². The van der Waals surface area contributed by atoms with E-state index in [2.05, 4.69) is 15.4 Å². The van der Waals surface area contributed by atoms with Gasteiger partial charge in [-0.1, -0.05) is 0 Å². The van der Waals surface area contributed by atoms with Crippen LogP contribution in [0.1, 0.15) is 0 Å². The van der Waals surface area contributed by atoms with Crippen LogP contribution in [0.5, 0.6) is 0 Å². The fourth-order valence-electron chi connectivity index (χ4n) is 0.304. The topological polar surface area (TPSA) is 58.9 Å². The molecule has 0 bridgehead atoms. The SMILES string of the molecule is C=C1O[Si](O)(O)O1. The molecule has 0 saturated carbocycles. The van der Waals surface area contributed by atoms with Gasteiger partial charge in [0.25, 0.3) is 5.95 Å². The monoisotopic (exact) mass is 120 g/mol. The molecule has 2 N–H and O–H groups in total. The van der Waals surface area contributed by atoms with Crippen LogP contribution in [0.4, 0.5) is 0 Å². The Balaban J connectivity index is 2.43. The molecule has 0 unspecified atom stereocenters. The first-order chi connectivity index (χ1) is 3.10. The maximum atomic E-state index is 8.27. The van der Waals surface area contributed by atoms with Crippen molar-refractivity contribution in [3.63, 3.8) is 0 Å². The molecule has 0 atom stereocenters. The summed E-state index contributed by atoms with van der Waals surface area (Å²) in [4.78, 5) is 16.5. The van der Waals surface area contributed by atoms with Crippen molar-refractivity contribution in [3.05, 3.63) is 12.5 Å². The van der Waals surface area contributed by atoms with Crippen LogP contribution in [-0.2, 0) is 8.85 Å². The minimum Gasteiger partial charge on any atom is -0.443 e. The Kier molecular flexibility index (Phi) is 0.662. The first-order valence-corrected chi connectivity index (χ1v) is 3.33. The van der Waals surface area contributed by atoms with Crippen molar-refractivity contribution in [1.82, 2.24) is 0 Å². The van der Waals surface area contributed by atoms with E-state index in [1.807, 2.05) is 0 Å². The van der Waals surface area contributed by atoms with Gasteiger partial charge in [0, 0.05) is 0 Å². The van der Waals surface area contributed by atoms with Gasteiger partial charge in [-0.3, -0.25) is 0 Å². The molecule has 0 aromatic rings. The third kappa shape index (κ3) is 0.737. The molecule has 0 aromatic carbocycles. The molecule has 1 saturated heterocycles. The van der Waals surface area contributed by atoms with Gasteiger partial charge >= 0.3 is 9.05 Å². The van der Waals surface area contributed by atoms with Crippen molar-refractivity contribution < 1.29 is 18.4 Å². The van der Waals surface area contributed by atoms with Crippen LogP contribution in [0.15, 0.2) is 12.5 Å². The summed E-state index contributed by atoms with van der Waals surface area (Å²) in [6.45, 7) is 3.13. The second-order valence-corrected chi connectivity index (χ2v) is 2.63. The van der Waals surface area contributed by atoms with Crippen molar-refractivity contribution in [2.45, 2.75) is 0 Å². The van der Waals surface area contributed by atoms with Crippen molar-refractivity contribution in [3.8, 4) is 0 Å². The number of rotatable bonds is 0. The van der Waals surface area contributed by atoms with Gasteiger partial charge < -0.3 is 18.4 Å². The lowest BCUT2D eigenvalue weighted by Gasteiger charge is -2.28. The molecule has 1 aliphatic rings. The molecular formula is C2H4O4Si. The van der Waals surface area contributed by atoms with E-state index in [1.165, 1.54) is 0 Å². The highest BCUT2D eigenvalue weighted by atomic mass is 28.4. The summed E-state index contributed by atoms with van der Waals surface area (Å²) >= 11 is 0.